The summed E-state index contributed by atoms with van der Waals surface area (Å²) in [6.07, 6.45) is 2.92. The fourth-order valence-corrected chi connectivity index (χ4v) is 4.45. The van der Waals surface area contributed by atoms with Gasteiger partial charge >= 0.3 is 0 Å². The molecule has 1 aliphatic carbocycles. The molecule has 0 radical (unpaired) electrons. The van der Waals surface area contributed by atoms with Crippen molar-refractivity contribution in [2.45, 2.75) is 45.1 Å². The Morgan fingerprint density at radius 1 is 1.41 bits per heavy atom. The average Bonchev–Trinajstić information content (AvgIpc) is 2.85. The standard InChI is InChI=1S/C16H19N3O2S/c1-9-5-6-14(22-9)11-8-12(11)16(20)19-7-3-4-13(19)15-17-10(2)21-18-15/h5-6,11-13H,3-4,7-8H2,1-2H3. The van der Waals surface area contributed by atoms with Gasteiger partial charge in [0.1, 0.15) is 0 Å². The number of carbonyl (C=O) groups excluding carboxylic acids is 1. The second-order valence-electron chi connectivity index (χ2n) is 6.26. The summed E-state index contributed by atoms with van der Waals surface area (Å²) >= 11 is 1.81. The third-order valence-corrected chi connectivity index (χ3v) is 5.74. The van der Waals surface area contributed by atoms with Crippen molar-refractivity contribution in [3.63, 3.8) is 0 Å². The third-order valence-electron chi connectivity index (χ3n) is 4.61. The van der Waals surface area contributed by atoms with E-state index in [2.05, 4.69) is 29.2 Å². The van der Waals surface area contributed by atoms with Crippen molar-refractivity contribution in [1.82, 2.24) is 15.0 Å². The van der Waals surface area contributed by atoms with Gasteiger partial charge in [-0.05, 0) is 38.3 Å². The zero-order valence-electron chi connectivity index (χ0n) is 12.8. The van der Waals surface area contributed by atoms with Gasteiger partial charge in [-0.3, -0.25) is 4.79 Å². The summed E-state index contributed by atoms with van der Waals surface area (Å²) in [5.74, 6) is 2.05. The van der Waals surface area contributed by atoms with Gasteiger partial charge in [-0.15, -0.1) is 11.3 Å². The van der Waals surface area contributed by atoms with E-state index in [0.717, 1.165) is 25.8 Å². The number of nitrogens with zero attached hydrogens (tertiary/aromatic N) is 3. The Hall–Kier alpha value is -1.69. The van der Waals surface area contributed by atoms with E-state index < -0.39 is 0 Å². The lowest BCUT2D eigenvalue weighted by Gasteiger charge is -2.22. The lowest BCUT2D eigenvalue weighted by atomic mass is 10.2. The van der Waals surface area contributed by atoms with E-state index in [0.29, 0.717) is 17.6 Å². The van der Waals surface area contributed by atoms with Gasteiger partial charge in [-0.1, -0.05) is 5.16 Å². The maximum atomic E-state index is 12.8. The van der Waals surface area contributed by atoms with Crippen LogP contribution in [0.5, 0.6) is 0 Å². The molecule has 0 bridgehead atoms. The minimum absolute atomic E-state index is 0.00345. The van der Waals surface area contributed by atoms with Crippen molar-refractivity contribution < 1.29 is 9.32 Å². The number of hydrogen-bond donors (Lipinski definition) is 0. The molecule has 0 spiro atoms. The van der Waals surface area contributed by atoms with Crippen LogP contribution in [0.25, 0.3) is 0 Å². The van der Waals surface area contributed by atoms with E-state index >= 15 is 0 Å². The average molecular weight is 317 g/mol. The van der Waals surface area contributed by atoms with Gasteiger partial charge in [-0.2, -0.15) is 4.98 Å². The number of thiophene rings is 1. The minimum atomic E-state index is -0.00345. The smallest absolute Gasteiger partial charge is 0.226 e. The molecule has 1 amide bonds. The molecule has 0 N–H and O–H groups in total. The molecular weight excluding hydrogens is 298 g/mol. The molecule has 2 aliphatic rings. The Balaban J connectivity index is 1.48. The Morgan fingerprint density at radius 3 is 2.95 bits per heavy atom. The first-order valence-corrected chi connectivity index (χ1v) is 8.62. The lowest BCUT2D eigenvalue weighted by Crippen LogP contribution is -2.32. The molecule has 1 saturated heterocycles. The van der Waals surface area contributed by atoms with E-state index in [9.17, 15) is 4.79 Å². The highest BCUT2D eigenvalue weighted by molar-refractivity contribution is 7.12. The van der Waals surface area contributed by atoms with Gasteiger partial charge < -0.3 is 9.42 Å². The molecule has 2 aromatic heterocycles. The first-order chi connectivity index (χ1) is 10.6. The molecule has 2 aromatic rings. The van der Waals surface area contributed by atoms with Gasteiger partial charge in [0.2, 0.25) is 11.8 Å². The molecule has 0 aromatic carbocycles. The van der Waals surface area contributed by atoms with E-state index in [1.54, 1.807) is 6.92 Å². The summed E-state index contributed by atoms with van der Waals surface area (Å²) in [6.45, 7) is 4.71. The van der Waals surface area contributed by atoms with Crippen LogP contribution in [0.3, 0.4) is 0 Å². The maximum Gasteiger partial charge on any atom is 0.226 e. The largest absolute Gasteiger partial charge is 0.340 e. The number of aromatic nitrogens is 2. The Bertz CT molecular complexity index is 708. The maximum absolute atomic E-state index is 12.8. The second kappa shape index (κ2) is 5.19. The third kappa shape index (κ3) is 2.35. The summed E-state index contributed by atoms with van der Waals surface area (Å²) in [7, 11) is 0. The van der Waals surface area contributed by atoms with Crippen LogP contribution in [0.1, 0.15) is 52.7 Å². The van der Waals surface area contributed by atoms with Crippen LogP contribution in [0.2, 0.25) is 0 Å². The summed E-state index contributed by atoms with van der Waals surface area (Å²) in [5, 5.41) is 4.01. The van der Waals surface area contributed by atoms with E-state index in [1.807, 2.05) is 16.2 Å². The predicted octanol–water partition coefficient (Wildman–Crippen LogP) is 3.22. The molecule has 6 heteroatoms. The molecule has 22 heavy (non-hydrogen) atoms. The fourth-order valence-electron chi connectivity index (χ4n) is 3.40. The van der Waals surface area contributed by atoms with Crippen LogP contribution in [-0.4, -0.2) is 27.5 Å². The fraction of sp³-hybridized carbons (Fsp3) is 0.562. The van der Waals surface area contributed by atoms with Crippen LogP contribution in [0.4, 0.5) is 0 Å². The van der Waals surface area contributed by atoms with Crippen LogP contribution < -0.4 is 0 Å². The Morgan fingerprint density at radius 2 is 2.27 bits per heavy atom. The molecule has 116 valence electrons. The predicted molar refractivity (Wildman–Crippen MR) is 82.6 cm³/mol. The molecule has 3 atom stereocenters. The highest BCUT2D eigenvalue weighted by atomic mass is 32.1. The molecule has 3 heterocycles. The molecule has 1 aliphatic heterocycles. The monoisotopic (exact) mass is 317 g/mol. The van der Waals surface area contributed by atoms with Crippen molar-refractivity contribution in [3.05, 3.63) is 33.6 Å². The molecular formula is C16H19N3O2S. The highest BCUT2D eigenvalue weighted by Gasteiger charge is 2.48. The summed E-state index contributed by atoms with van der Waals surface area (Å²) in [4.78, 5) is 21.8. The SMILES string of the molecule is Cc1nc(C2CCCN2C(=O)C2CC2c2ccc(C)s2)no1. The zero-order valence-corrected chi connectivity index (χ0v) is 13.6. The highest BCUT2D eigenvalue weighted by Crippen LogP contribution is 2.51. The lowest BCUT2D eigenvalue weighted by molar-refractivity contribution is -0.133. The first-order valence-electron chi connectivity index (χ1n) is 7.80. The van der Waals surface area contributed by atoms with Gasteiger partial charge in [0.15, 0.2) is 5.82 Å². The van der Waals surface area contributed by atoms with Gasteiger partial charge in [-0.25, -0.2) is 0 Å². The Kier molecular flexibility index (Phi) is 3.29. The topological polar surface area (TPSA) is 59.2 Å². The van der Waals surface area contributed by atoms with Crippen molar-refractivity contribution in [1.29, 1.82) is 0 Å². The van der Waals surface area contributed by atoms with Gasteiger partial charge in [0.05, 0.1) is 6.04 Å². The minimum Gasteiger partial charge on any atom is -0.340 e. The van der Waals surface area contributed by atoms with Crippen LogP contribution in [0.15, 0.2) is 16.7 Å². The summed E-state index contributed by atoms with van der Waals surface area (Å²) in [5.41, 5.74) is 0. The molecule has 3 unspecified atom stereocenters. The summed E-state index contributed by atoms with van der Waals surface area (Å²) < 4.78 is 5.08. The number of amides is 1. The molecule has 2 fully saturated rings. The number of carbonyl (C=O) groups is 1. The molecule has 1 saturated carbocycles. The molecule has 4 rings (SSSR count). The Labute approximate surface area is 133 Å². The van der Waals surface area contributed by atoms with Crippen LogP contribution in [0, 0.1) is 19.8 Å². The van der Waals surface area contributed by atoms with Crippen molar-refractivity contribution >= 4 is 17.2 Å². The quantitative estimate of drug-likeness (QED) is 0.872. The van der Waals surface area contributed by atoms with Crippen LogP contribution >= 0.6 is 11.3 Å². The van der Waals surface area contributed by atoms with E-state index in [-0.39, 0.29) is 17.9 Å². The van der Waals surface area contributed by atoms with Gasteiger partial charge in [0.25, 0.3) is 0 Å². The zero-order chi connectivity index (χ0) is 15.3. The normalized spacial score (nSPS) is 27.4. The molecule has 5 nitrogen and oxygen atoms in total. The van der Waals surface area contributed by atoms with Crippen molar-refractivity contribution in [2.75, 3.05) is 6.54 Å². The second-order valence-corrected chi connectivity index (χ2v) is 7.58. The number of likely N-dealkylation sites (tertiary alicyclic amines) is 1. The van der Waals surface area contributed by atoms with Gasteiger partial charge in [0, 0.05) is 35.1 Å². The van der Waals surface area contributed by atoms with Crippen molar-refractivity contribution in [3.8, 4) is 0 Å². The van der Waals surface area contributed by atoms with Crippen LogP contribution in [-0.2, 0) is 4.79 Å². The first kappa shape index (κ1) is 13.9. The van der Waals surface area contributed by atoms with E-state index in [4.69, 9.17) is 4.52 Å². The van der Waals surface area contributed by atoms with Crippen molar-refractivity contribution in [2.24, 2.45) is 5.92 Å². The number of hydrogen-bond acceptors (Lipinski definition) is 5. The summed E-state index contributed by atoms with van der Waals surface area (Å²) in [6, 6.07) is 4.30. The van der Waals surface area contributed by atoms with E-state index in [1.165, 1.54) is 9.75 Å². The number of aryl methyl sites for hydroxylation is 2. The number of rotatable bonds is 3.